The van der Waals surface area contributed by atoms with E-state index in [4.69, 9.17) is 15.7 Å². The number of carbonyl (C=O) groups excluding carboxylic acids is 2. The van der Waals surface area contributed by atoms with E-state index in [0.29, 0.717) is 39.1 Å². The number of carbonyl (C=O) groups is 2. The number of piperidine rings is 1. The Hall–Kier alpha value is -3.01. The normalized spacial score (nSPS) is 21.1. The van der Waals surface area contributed by atoms with Gasteiger partial charge in [-0.2, -0.15) is 0 Å². The van der Waals surface area contributed by atoms with Gasteiger partial charge in [-0.25, -0.2) is 10.5 Å². The van der Waals surface area contributed by atoms with E-state index in [1.807, 2.05) is 29.3 Å². The van der Waals surface area contributed by atoms with Crippen molar-refractivity contribution in [1.29, 1.82) is 0 Å². The van der Waals surface area contributed by atoms with Crippen LogP contribution in [0.4, 0.5) is 0 Å². The maximum Gasteiger partial charge on any atom is 0.261 e. The van der Waals surface area contributed by atoms with E-state index >= 15 is 0 Å². The molecule has 2 amide bonds. The van der Waals surface area contributed by atoms with Crippen molar-refractivity contribution in [3.63, 3.8) is 0 Å². The van der Waals surface area contributed by atoms with E-state index in [1.165, 1.54) is 0 Å². The van der Waals surface area contributed by atoms with Gasteiger partial charge in [0.15, 0.2) is 0 Å². The number of nitrogens with two attached hydrogens (primary N) is 1. The number of hydrazine groups is 1. The fourth-order valence-electron chi connectivity index (χ4n) is 5.11. The van der Waals surface area contributed by atoms with Gasteiger partial charge in [0.1, 0.15) is 17.9 Å². The minimum Gasteiger partial charge on any atom is -0.489 e. The number of benzene rings is 1. The molecule has 194 valence electrons. The highest BCUT2D eigenvalue weighted by atomic mass is 16.5. The van der Waals surface area contributed by atoms with Crippen molar-refractivity contribution in [3.8, 4) is 5.75 Å². The number of aromatic nitrogens is 1. The number of hydrogen-bond acceptors (Lipinski definition) is 7. The molecule has 9 nitrogen and oxygen atoms in total. The molecule has 1 aromatic heterocycles. The molecule has 2 saturated heterocycles. The second-order valence-electron chi connectivity index (χ2n) is 9.76. The molecule has 2 fully saturated rings. The SMILES string of the molecule is CCc1cc(COc2ccc(C3(N)CCN(N4CCC(CC(=O)NO)CC4)C3=O)cc2)cc(CC)n1. The molecule has 1 unspecified atom stereocenters. The lowest BCUT2D eigenvalue weighted by Crippen LogP contribution is -2.53. The van der Waals surface area contributed by atoms with Crippen molar-refractivity contribution in [2.24, 2.45) is 11.7 Å². The number of hydrogen-bond donors (Lipinski definition) is 3. The molecule has 0 saturated carbocycles. The van der Waals surface area contributed by atoms with E-state index in [0.717, 1.165) is 53.9 Å². The van der Waals surface area contributed by atoms with Crippen molar-refractivity contribution in [2.45, 2.75) is 64.5 Å². The van der Waals surface area contributed by atoms with Crippen molar-refractivity contribution in [3.05, 3.63) is 58.9 Å². The predicted molar refractivity (Wildman–Crippen MR) is 135 cm³/mol. The quantitative estimate of drug-likeness (QED) is 0.361. The molecule has 4 N–H and O–H groups in total. The Morgan fingerprint density at radius 1 is 1.14 bits per heavy atom. The Morgan fingerprint density at radius 2 is 1.78 bits per heavy atom. The third-order valence-corrected chi connectivity index (χ3v) is 7.36. The molecule has 0 radical (unpaired) electrons. The highest BCUT2D eigenvalue weighted by molar-refractivity contribution is 5.89. The molecule has 0 spiro atoms. The summed E-state index contributed by atoms with van der Waals surface area (Å²) in [5.74, 6) is 0.470. The lowest BCUT2D eigenvalue weighted by Gasteiger charge is -2.38. The highest BCUT2D eigenvalue weighted by Gasteiger charge is 2.47. The van der Waals surface area contributed by atoms with Crippen LogP contribution in [-0.2, 0) is 34.6 Å². The molecule has 4 rings (SSSR count). The number of nitrogens with zero attached hydrogens (tertiary/aromatic N) is 3. The van der Waals surface area contributed by atoms with Gasteiger partial charge in [0.25, 0.3) is 5.91 Å². The minimum atomic E-state index is -1.07. The maximum atomic E-state index is 13.4. The van der Waals surface area contributed by atoms with Gasteiger partial charge in [0, 0.05) is 37.4 Å². The first kappa shape index (κ1) is 26.1. The Kier molecular flexibility index (Phi) is 8.23. The molecule has 1 aromatic carbocycles. The number of pyridine rings is 1. The van der Waals surface area contributed by atoms with E-state index in [-0.39, 0.29) is 17.7 Å². The zero-order chi connectivity index (χ0) is 25.7. The summed E-state index contributed by atoms with van der Waals surface area (Å²) in [7, 11) is 0. The number of hydroxylamine groups is 1. The topological polar surface area (TPSA) is 121 Å². The molecule has 0 aliphatic carbocycles. The van der Waals surface area contributed by atoms with Gasteiger partial charge < -0.3 is 10.5 Å². The van der Waals surface area contributed by atoms with Crippen LogP contribution in [0.1, 0.15) is 62.0 Å². The summed E-state index contributed by atoms with van der Waals surface area (Å²) in [4.78, 5) is 29.4. The summed E-state index contributed by atoms with van der Waals surface area (Å²) >= 11 is 0. The first-order chi connectivity index (χ1) is 17.4. The van der Waals surface area contributed by atoms with E-state index < -0.39 is 5.54 Å². The van der Waals surface area contributed by atoms with Crippen LogP contribution in [0, 0.1) is 5.92 Å². The molecule has 2 aliphatic rings. The van der Waals surface area contributed by atoms with Crippen LogP contribution >= 0.6 is 0 Å². The van der Waals surface area contributed by atoms with Gasteiger partial charge in [-0.15, -0.1) is 0 Å². The molecule has 0 bridgehead atoms. The third kappa shape index (κ3) is 5.69. The molecule has 1 atom stereocenters. The van der Waals surface area contributed by atoms with Gasteiger partial charge >= 0.3 is 0 Å². The first-order valence-electron chi connectivity index (χ1n) is 12.9. The monoisotopic (exact) mass is 495 g/mol. The fraction of sp³-hybridized carbons (Fsp3) is 0.519. The zero-order valence-electron chi connectivity index (χ0n) is 21.2. The van der Waals surface area contributed by atoms with Crippen molar-refractivity contribution in [2.75, 3.05) is 19.6 Å². The predicted octanol–water partition coefficient (Wildman–Crippen LogP) is 2.69. The largest absolute Gasteiger partial charge is 0.489 e. The van der Waals surface area contributed by atoms with Gasteiger partial charge in [-0.05, 0) is 73.4 Å². The van der Waals surface area contributed by atoms with E-state index in [9.17, 15) is 9.59 Å². The molecule has 36 heavy (non-hydrogen) atoms. The van der Waals surface area contributed by atoms with Crippen LogP contribution in [0.3, 0.4) is 0 Å². The summed E-state index contributed by atoms with van der Waals surface area (Å²) in [6, 6.07) is 11.7. The fourth-order valence-corrected chi connectivity index (χ4v) is 5.11. The number of aryl methyl sites for hydroxylation is 2. The van der Waals surface area contributed by atoms with Gasteiger partial charge in [-0.1, -0.05) is 26.0 Å². The first-order valence-corrected chi connectivity index (χ1v) is 12.9. The van der Waals surface area contributed by atoms with Crippen LogP contribution in [0.15, 0.2) is 36.4 Å². The molecule has 3 heterocycles. The standard InChI is InChI=1S/C27H37N5O4/c1-3-22-15-20(16-23(4-2)29-22)18-36-24-7-5-21(6-8-24)27(28)11-14-32(26(27)34)31-12-9-19(10-13-31)17-25(33)30-35/h5-8,15-16,19,35H,3-4,9-14,17-18,28H2,1-2H3,(H,30,33). The second-order valence-corrected chi connectivity index (χ2v) is 9.76. The number of nitrogens with one attached hydrogen (secondary N) is 1. The van der Waals surface area contributed by atoms with Crippen LogP contribution in [0.25, 0.3) is 0 Å². The van der Waals surface area contributed by atoms with Gasteiger partial charge in [-0.3, -0.25) is 24.8 Å². The zero-order valence-corrected chi connectivity index (χ0v) is 21.2. The number of ether oxygens (including phenoxy) is 1. The lowest BCUT2D eigenvalue weighted by atomic mass is 9.89. The molecule has 2 aliphatic heterocycles. The van der Waals surface area contributed by atoms with E-state index in [2.05, 4.69) is 31.0 Å². The van der Waals surface area contributed by atoms with Crippen molar-refractivity contribution in [1.82, 2.24) is 20.5 Å². The Labute approximate surface area is 212 Å². The Balaban J connectivity index is 1.35. The summed E-state index contributed by atoms with van der Waals surface area (Å²) in [6.45, 7) is 6.59. The minimum absolute atomic E-state index is 0.0984. The summed E-state index contributed by atoms with van der Waals surface area (Å²) in [6.07, 6.45) is 4.19. The number of amides is 2. The van der Waals surface area contributed by atoms with Crippen LogP contribution < -0.4 is 16.0 Å². The summed E-state index contributed by atoms with van der Waals surface area (Å²) < 4.78 is 6.01. The molecule has 2 aromatic rings. The Morgan fingerprint density at radius 3 is 2.36 bits per heavy atom. The summed E-state index contributed by atoms with van der Waals surface area (Å²) in [5.41, 5.74) is 11.3. The average molecular weight is 496 g/mol. The van der Waals surface area contributed by atoms with E-state index in [1.54, 1.807) is 10.5 Å². The van der Waals surface area contributed by atoms with Crippen LogP contribution in [0.5, 0.6) is 5.75 Å². The number of rotatable bonds is 9. The van der Waals surface area contributed by atoms with Crippen LogP contribution in [-0.4, -0.2) is 51.7 Å². The second kappa shape index (κ2) is 11.4. The van der Waals surface area contributed by atoms with Crippen molar-refractivity contribution >= 4 is 11.8 Å². The summed E-state index contributed by atoms with van der Waals surface area (Å²) in [5, 5.41) is 12.6. The molecule has 9 heteroatoms. The van der Waals surface area contributed by atoms with Gasteiger partial charge in [0.05, 0.1) is 0 Å². The Bertz CT molecular complexity index is 1050. The average Bonchev–Trinajstić information content (AvgIpc) is 3.22. The lowest BCUT2D eigenvalue weighted by molar-refractivity contribution is -0.150. The third-order valence-electron chi connectivity index (χ3n) is 7.36. The molecular weight excluding hydrogens is 458 g/mol. The van der Waals surface area contributed by atoms with Crippen molar-refractivity contribution < 1.29 is 19.5 Å². The smallest absolute Gasteiger partial charge is 0.261 e. The van der Waals surface area contributed by atoms with Gasteiger partial charge in [0.2, 0.25) is 5.91 Å². The molecular formula is C27H37N5O4. The maximum absolute atomic E-state index is 13.4. The van der Waals surface area contributed by atoms with Crippen LogP contribution in [0.2, 0.25) is 0 Å². The highest BCUT2D eigenvalue weighted by Crippen LogP contribution is 2.34.